The molecular weight excluding hydrogens is 388 g/mol. The quantitative estimate of drug-likeness (QED) is 0.577. The van der Waals surface area contributed by atoms with E-state index in [0.717, 1.165) is 0 Å². The van der Waals surface area contributed by atoms with Crippen molar-refractivity contribution in [3.05, 3.63) is 59.1 Å². The zero-order valence-electron chi connectivity index (χ0n) is 14.6. The van der Waals surface area contributed by atoms with Gasteiger partial charge in [0.2, 0.25) is 6.10 Å². The van der Waals surface area contributed by atoms with Gasteiger partial charge in [0.25, 0.3) is 11.8 Å². The zero-order chi connectivity index (χ0) is 19.9. The van der Waals surface area contributed by atoms with Gasteiger partial charge in [-0.3, -0.25) is 25.2 Å². The molecule has 1 atom stereocenters. The Hall–Kier alpha value is -3.26. The number of hydrogen-bond acceptors (Lipinski definition) is 6. The van der Waals surface area contributed by atoms with Crippen LogP contribution < -0.4 is 20.3 Å². The van der Waals surface area contributed by atoms with Crippen LogP contribution in [0.3, 0.4) is 0 Å². The number of para-hydroxylation sites is 2. The van der Waals surface area contributed by atoms with Crippen LogP contribution in [0.1, 0.15) is 5.56 Å². The first-order valence-corrected chi connectivity index (χ1v) is 8.76. The highest BCUT2D eigenvalue weighted by Crippen LogP contribution is 2.30. The van der Waals surface area contributed by atoms with Gasteiger partial charge in [-0.1, -0.05) is 35.9 Å². The second kappa shape index (κ2) is 9.09. The second-order valence-electron chi connectivity index (χ2n) is 5.87. The number of carbonyl (C=O) groups is 3. The van der Waals surface area contributed by atoms with E-state index in [1.54, 1.807) is 48.5 Å². The van der Waals surface area contributed by atoms with Crippen molar-refractivity contribution in [3.8, 4) is 11.5 Å². The Balaban J connectivity index is 1.37. The molecule has 1 aliphatic rings. The third-order valence-electron chi connectivity index (χ3n) is 3.75. The lowest BCUT2D eigenvalue weighted by atomic mass is 10.2. The highest BCUT2D eigenvalue weighted by molar-refractivity contribution is 6.30. The van der Waals surface area contributed by atoms with Gasteiger partial charge in [0.05, 0.1) is 6.42 Å². The van der Waals surface area contributed by atoms with E-state index in [0.29, 0.717) is 22.1 Å². The fourth-order valence-electron chi connectivity index (χ4n) is 2.36. The van der Waals surface area contributed by atoms with Gasteiger partial charge >= 0.3 is 5.97 Å². The van der Waals surface area contributed by atoms with Crippen molar-refractivity contribution >= 4 is 29.4 Å². The summed E-state index contributed by atoms with van der Waals surface area (Å²) in [4.78, 5) is 35.6. The first-order chi connectivity index (χ1) is 13.5. The first-order valence-electron chi connectivity index (χ1n) is 8.38. The molecule has 3 rings (SSSR count). The van der Waals surface area contributed by atoms with Crippen molar-refractivity contribution in [1.82, 2.24) is 10.9 Å². The lowest BCUT2D eigenvalue weighted by Crippen LogP contribution is -2.51. The van der Waals surface area contributed by atoms with Crippen LogP contribution in [0.2, 0.25) is 5.02 Å². The number of carbonyl (C=O) groups excluding carboxylic acids is 3. The molecule has 1 aliphatic heterocycles. The summed E-state index contributed by atoms with van der Waals surface area (Å²) in [5.74, 6) is -0.866. The Morgan fingerprint density at radius 1 is 1.04 bits per heavy atom. The molecule has 0 saturated carbocycles. The van der Waals surface area contributed by atoms with Crippen molar-refractivity contribution < 1.29 is 28.6 Å². The highest BCUT2D eigenvalue weighted by atomic mass is 35.5. The van der Waals surface area contributed by atoms with E-state index in [1.807, 2.05) is 0 Å². The predicted molar refractivity (Wildman–Crippen MR) is 98.8 cm³/mol. The third kappa shape index (κ3) is 5.37. The van der Waals surface area contributed by atoms with E-state index in [4.69, 9.17) is 25.8 Å². The summed E-state index contributed by atoms with van der Waals surface area (Å²) in [5, 5.41) is 0.558. The molecule has 2 N–H and O–H groups in total. The Bertz CT molecular complexity index is 871. The van der Waals surface area contributed by atoms with Crippen molar-refractivity contribution in [2.24, 2.45) is 0 Å². The number of amides is 2. The summed E-state index contributed by atoms with van der Waals surface area (Å²) in [5.41, 5.74) is 5.08. The molecule has 2 aromatic rings. The summed E-state index contributed by atoms with van der Waals surface area (Å²) in [6, 6.07) is 13.6. The Morgan fingerprint density at radius 2 is 1.75 bits per heavy atom. The summed E-state index contributed by atoms with van der Waals surface area (Å²) in [6.45, 7) is -0.521. The van der Waals surface area contributed by atoms with Gasteiger partial charge in [-0.05, 0) is 29.8 Å². The van der Waals surface area contributed by atoms with Gasteiger partial charge in [-0.2, -0.15) is 0 Å². The molecule has 0 aliphatic carbocycles. The van der Waals surface area contributed by atoms with Crippen molar-refractivity contribution in [1.29, 1.82) is 0 Å². The lowest BCUT2D eigenvalue weighted by molar-refractivity contribution is -0.148. The van der Waals surface area contributed by atoms with Gasteiger partial charge in [0.15, 0.2) is 18.1 Å². The summed E-state index contributed by atoms with van der Waals surface area (Å²) < 4.78 is 15.8. The number of nitrogens with one attached hydrogen (secondary N) is 2. The largest absolute Gasteiger partial charge is 0.485 e. The molecule has 0 saturated heterocycles. The maximum Gasteiger partial charge on any atom is 0.310 e. The summed E-state index contributed by atoms with van der Waals surface area (Å²) >= 11 is 5.77. The normalized spacial score (nSPS) is 14.7. The Labute approximate surface area is 165 Å². The van der Waals surface area contributed by atoms with Crippen molar-refractivity contribution in [3.63, 3.8) is 0 Å². The molecule has 1 heterocycles. The molecule has 0 radical (unpaired) electrons. The molecule has 0 unspecified atom stereocenters. The average Bonchev–Trinajstić information content (AvgIpc) is 2.71. The number of ether oxygens (including phenoxy) is 3. The zero-order valence-corrected chi connectivity index (χ0v) is 15.4. The van der Waals surface area contributed by atoms with Gasteiger partial charge in [-0.25, -0.2) is 0 Å². The van der Waals surface area contributed by atoms with E-state index in [9.17, 15) is 14.4 Å². The Morgan fingerprint density at radius 3 is 2.50 bits per heavy atom. The molecule has 0 fully saturated rings. The highest BCUT2D eigenvalue weighted by Gasteiger charge is 2.27. The maximum atomic E-state index is 12.1. The number of benzene rings is 2. The van der Waals surface area contributed by atoms with E-state index in [-0.39, 0.29) is 13.0 Å². The predicted octanol–water partition coefficient (Wildman–Crippen LogP) is 1.41. The van der Waals surface area contributed by atoms with Crippen LogP contribution in [0, 0.1) is 0 Å². The monoisotopic (exact) mass is 404 g/mol. The van der Waals surface area contributed by atoms with Gasteiger partial charge in [-0.15, -0.1) is 0 Å². The minimum Gasteiger partial charge on any atom is -0.485 e. The Kier molecular flexibility index (Phi) is 6.33. The fraction of sp³-hybridized carbons (Fsp3) is 0.211. The van der Waals surface area contributed by atoms with E-state index in [2.05, 4.69) is 10.9 Å². The van der Waals surface area contributed by atoms with Crippen LogP contribution in [0.15, 0.2) is 48.5 Å². The second-order valence-corrected chi connectivity index (χ2v) is 6.30. The van der Waals surface area contributed by atoms with Crippen LogP contribution in [-0.2, 0) is 25.5 Å². The average molecular weight is 405 g/mol. The SMILES string of the molecule is O=C(COC(=O)Cc1ccc(Cl)cc1)NNC(=O)[C@@H]1COc2ccccc2O1. The molecule has 0 spiro atoms. The minimum atomic E-state index is -0.914. The van der Waals surface area contributed by atoms with Crippen LogP contribution in [0.5, 0.6) is 11.5 Å². The standard InChI is InChI=1S/C19H17ClN2O6/c20-13-7-5-12(6-8-13)9-18(24)27-11-17(23)21-22-19(25)16-10-26-14-3-1-2-4-15(14)28-16/h1-8,16H,9-11H2,(H,21,23)(H,22,25)/t16-/m0/s1. The summed E-state index contributed by atoms with van der Waals surface area (Å²) in [6.07, 6.45) is -0.911. The molecule has 2 amide bonds. The van der Waals surface area contributed by atoms with Crippen LogP contribution in [0.25, 0.3) is 0 Å². The first kappa shape index (κ1) is 19.5. The van der Waals surface area contributed by atoms with Gasteiger partial charge in [0, 0.05) is 5.02 Å². The van der Waals surface area contributed by atoms with Gasteiger partial charge in [0.1, 0.15) is 6.61 Å². The number of rotatable bonds is 5. The van der Waals surface area contributed by atoms with Gasteiger partial charge < -0.3 is 14.2 Å². The minimum absolute atomic E-state index is 0.00344. The van der Waals surface area contributed by atoms with E-state index >= 15 is 0 Å². The maximum absolute atomic E-state index is 12.1. The smallest absolute Gasteiger partial charge is 0.310 e. The van der Waals surface area contributed by atoms with Crippen molar-refractivity contribution in [2.45, 2.75) is 12.5 Å². The van der Waals surface area contributed by atoms with Crippen LogP contribution in [0.4, 0.5) is 0 Å². The molecule has 0 aromatic heterocycles. The topological polar surface area (TPSA) is 103 Å². The molecule has 28 heavy (non-hydrogen) atoms. The number of hydrazine groups is 1. The molecule has 8 nitrogen and oxygen atoms in total. The summed E-state index contributed by atoms with van der Waals surface area (Å²) in [7, 11) is 0. The van der Waals surface area contributed by atoms with Crippen LogP contribution >= 0.6 is 11.6 Å². The molecule has 9 heteroatoms. The van der Waals surface area contributed by atoms with E-state index < -0.39 is 30.5 Å². The molecular formula is C19H17ClN2O6. The third-order valence-corrected chi connectivity index (χ3v) is 4.00. The lowest BCUT2D eigenvalue weighted by Gasteiger charge is -2.25. The molecule has 0 bridgehead atoms. The van der Waals surface area contributed by atoms with E-state index in [1.165, 1.54) is 0 Å². The number of esters is 1. The van der Waals surface area contributed by atoms with Crippen LogP contribution in [-0.4, -0.2) is 37.1 Å². The fourth-order valence-corrected chi connectivity index (χ4v) is 2.49. The number of halogens is 1. The van der Waals surface area contributed by atoms with Crippen molar-refractivity contribution in [2.75, 3.05) is 13.2 Å². The molecule has 2 aromatic carbocycles. The number of hydrogen-bond donors (Lipinski definition) is 2. The molecule has 146 valence electrons. The number of fused-ring (bicyclic) bond motifs is 1.